The minimum absolute atomic E-state index is 0.0880. The molecule has 2 atom stereocenters. The van der Waals surface area contributed by atoms with E-state index in [0.717, 1.165) is 24.3 Å². The Labute approximate surface area is 108 Å². The van der Waals surface area contributed by atoms with Gasteiger partial charge in [0.25, 0.3) is 0 Å². The first kappa shape index (κ1) is 11.8. The molecule has 0 bridgehead atoms. The van der Waals surface area contributed by atoms with Gasteiger partial charge < -0.3 is 15.2 Å². The van der Waals surface area contributed by atoms with E-state index in [2.05, 4.69) is 12.1 Å². The van der Waals surface area contributed by atoms with Crippen LogP contribution >= 0.6 is 0 Å². The SMILES string of the molecule is CC1Oc2ccc(C3(N)CCCC3)cc2OC1C. The van der Waals surface area contributed by atoms with Crippen LogP contribution in [0.4, 0.5) is 0 Å². The van der Waals surface area contributed by atoms with Crippen LogP contribution in [0.25, 0.3) is 0 Å². The fourth-order valence-electron chi connectivity index (χ4n) is 2.89. The maximum absolute atomic E-state index is 6.48. The van der Waals surface area contributed by atoms with Gasteiger partial charge in [-0.05, 0) is 44.4 Å². The summed E-state index contributed by atoms with van der Waals surface area (Å²) < 4.78 is 11.7. The maximum atomic E-state index is 6.48. The highest BCUT2D eigenvalue weighted by Crippen LogP contribution is 2.41. The lowest BCUT2D eigenvalue weighted by molar-refractivity contribution is 0.0427. The fourth-order valence-corrected chi connectivity index (χ4v) is 2.89. The standard InChI is InChI=1S/C15H21NO2/c1-10-11(2)18-14-9-12(5-6-13(14)17-10)15(16)7-3-4-8-15/h5-6,9-11H,3-4,7-8,16H2,1-2H3. The lowest BCUT2D eigenvalue weighted by Crippen LogP contribution is -2.36. The van der Waals surface area contributed by atoms with Gasteiger partial charge in [0.1, 0.15) is 12.2 Å². The molecule has 3 nitrogen and oxygen atoms in total. The Morgan fingerprint density at radius 1 is 1.06 bits per heavy atom. The van der Waals surface area contributed by atoms with Crippen LogP contribution < -0.4 is 15.2 Å². The average Bonchev–Trinajstić information content (AvgIpc) is 2.78. The van der Waals surface area contributed by atoms with Gasteiger partial charge in [0.15, 0.2) is 11.5 Å². The normalized spacial score (nSPS) is 29.3. The quantitative estimate of drug-likeness (QED) is 0.829. The highest BCUT2D eigenvalue weighted by molar-refractivity contribution is 5.46. The van der Waals surface area contributed by atoms with Gasteiger partial charge in [-0.1, -0.05) is 18.9 Å². The van der Waals surface area contributed by atoms with Gasteiger partial charge in [0.2, 0.25) is 0 Å². The molecule has 0 amide bonds. The molecule has 3 rings (SSSR count). The van der Waals surface area contributed by atoms with E-state index in [1.807, 2.05) is 19.9 Å². The molecule has 3 heteroatoms. The van der Waals surface area contributed by atoms with E-state index in [-0.39, 0.29) is 17.7 Å². The summed E-state index contributed by atoms with van der Waals surface area (Å²) in [4.78, 5) is 0. The highest BCUT2D eigenvalue weighted by Gasteiger charge is 2.33. The van der Waals surface area contributed by atoms with Gasteiger partial charge in [-0.15, -0.1) is 0 Å². The lowest BCUT2D eigenvalue weighted by atomic mass is 9.89. The molecule has 0 saturated heterocycles. The molecule has 1 aromatic rings. The van der Waals surface area contributed by atoms with Crippen molar-refractivity contribution in [3.05, 3.63) is 23.8 Å². The number of ether oxygens (including phenoxy) is 2. The van der Waals surface area contributed by atoms with Crippen molar-refractivity contribution >= 4 is 0 Å². The summed E-state index contributed by atoms with van der Waals surface area (Å²) >= 11 is 0. The van der Waals surface area contributed by atoms with Gasteiger partial charge in [0.05, 0.1) is 0 Å². The highest BCUT2D eigenvalue weighted by atomic mass is 16.6. The van der Waals surface area contributed by atoms with Gasteiger partial charge in [-0.2, -0.15) is 0 Å². The van der Waals surface area contributed by atoms with Gasteiger partial charge in [0, 0.05) is 5.54 Å². The zero-order chi connectivity index (χ0) is 12.8. The van der Waals surface area contributed by atoms with Crippen LogP contribution in [0.3, 0.4) is 0 Å². The molecule has 2 unspecified atom stereocenters. The summed E-state index contributed by atoms with van der Waals surface area (Å²) in [5, 5.41) is 0. The predicted molar refractivity (Wildman–Crippen MR) is 71.0 cm³/mol. The third kappa shape index (κ3) is 1.87. The monoisotopic (exact) mass is 247 g/mol. The number of hydrogen-bond acceptors (Lipinski definition) is 3. The van der Waals surface area contributed by atoms with E-state index in [4.69, 9.17) is 15.2 Å². The summed E-state index contributed by atoms with van der Waals surface area (Å²) in [6.45, 7) is 4.07. The molecule has 1 saturated carbocycles. The summed E-state index contributed by atoms with van der Waals surface area (Å²) in [5.74, 6) is 1.68. The molecule has 18 heavy (non-hydrogen) atoms. The molecule has 2 N–H and O–H groups in total. The summed E-state index contributed by atoms with van der Waals surface area (Å²) in [7, 11) is 0. The van der Waals surface area contributed by atoms with Crippen molar-refractivity contribution < 1.29 is 9.47 Å². The van der Waals surface area contributed by atoms with Crippen LogP contribution in [0.1, 0.15) is 45.1 Å². The van der Waals surface area contributed by atoms with Crippen LogP contribution in [-0.4, -0.2) is 12.2 Å². The van der Waals surface area contributed by atoms with Crippen LogP contribution in [0.2, 0.25) is 0 Å². The smallest absolute Gasteiger partial charge is 0.162 e. The minimum Gasteiger partial charge on any atom is -0.483 e. The number of fused-ring (bicyclic) bond motifs is 1. The lowest BCUT2D eigenvalue weighted by Gasteiger charge is -2.32. The third-order valence-corrected chi connectivity index (χ3v) is 4.30. The second-order valence-electron chi connectivity index (χ2n) is 5.67. The molecule has 0 radical (unpaired) electrons. The minimum atomic E-state index is -0.162. The first-order valence-corrected chi connectivity index (χ1v) is 6.85. The van der Waals surface area contributed by atoms with E-state index < -0.39 is 0 Å². The summed E-state index contributed by atoms with van der Waals surface area (Å²) in [5.41, 5.74) is 7.50. The molecule has 2 aliphatic rings. The van der Waals surface area contributed by atoms with Crippen molar-refractivity contribution in [2.24, 2.45) is 5.73 Å². The van der Waals surface area contributed by atoms with E-state index in [0.29, 0.717) is 0 Å². The first-order chi connectivity index (χ1) is 8.58. The summed E-state index contributed by atoms with van der Waals surface area (Å²) in [6.07, 6.45) is 4.76. The molecular formula is C15H21NO2. The number of benzene rings is 1. The molecular weight excluding hydrogens is 226 g/mol. The van der Waals surface area contributed by atoms with E-state index >= 15 is 0 Å². The van der Waals surface area contributed by atoms with Gasteiger partial charge in [-0.3, -0.25) is 0 Å². The maximum Gasteiger partial charge on any atom is 0.162 e. The number of rotatable bonds is 1. The van der Waals surface area contributed by atoms with Crippen molar-refractivity contribution in [2.75, 3.05) is 0 Å². The molecule has 1 aromatic carbocycles. The van der Waals surface area contributed by atoms with Gasteiger partial charge in [-0.25, -0.2) is 0 Å². The van der Waals surface area contributed by atoms with Crippen molar-refractivity contribution in [3.63, 3.8) is 0 Å². The first-order valence-electron chi connectivity index (χ1n) is 6.85. The van der Waals surface area contributed by atoms with Crippen LogP contribution in [0.15, 0.2) is 18.2 Å². The third-order valence-electron chi connectivity index (χ3n) is 4.30. The van der Waals surface area contributed by atoms with Crippen LogP contribution in [-0.2, 0) is 5.54 Å². The van der Waals surface area contributed by atoms with Crippen molar-refractivity contribution in [1.82, 2.24) is 0 Å². The molecule has 1 aliphatic heterocycles. The Kier molecular flexibility index (Phi) is 2.74. The molecule has 0 aromatic heterocycles. The van der Waals surface area contributed by atoms with Crippen molar-refractivity contribution in [3.8, 4) is 11.5 Å². The average molecular weight is 247 g/mol. The molecule has 0 spiro atoms. The van der Waals surface area contributed by atoms with Crippen molar-refractivity contribution in [2.45, 2.75) is 57.3 Å². The van der Waals surface area contributed by atoms with E-state index in [1.165, 1.54) is 18.4 Å². The van der Waals surface area contributed by atoms with E-state index in [1.54, 1.807) is 0 Å². The summed E-state index contributed by atoms with van der Waals surface area (Å²) in [6, 6.07) is 6.17. The number of hydrogen-bond donors (Lipinski definition) is 1. The molecule has 98 valence electrons. The largest absolute Gasteiger partial charge is 0.483 e. The zero-order valence-electron chi connectivity index (χ0n) is 11.1. The molecule has 1 fully saturated rings. The van der Waals surface area contributed by atoms with Crippen LogP contribution in [0.5, 0.6) is 11.5 Å². The Hall–Kier alpha value is -1.22. The van der Waals surface area contributed by atoms with Gasteiger partial charge >= 0.3 is 0 Å². The topological polar surface area (TPSA) is 44.5 Å². The van der Waals surface area contributed by atoms with E-state index in [9.17, 15) is 0 Å². The Bertz CT molecular complexity index is 452. The second kappa shape index (κ2) is 4.16. The Morgan fingerprint density at radius 3 is 2.33 bits per heavy atom. The predicted octanol–water partition coefficient (Wildman–Crippen LogP) is 2.96. The second-order valence-corrected chi connectivity index (χ2v) is 5.67. The molecule has 1 heterocycles. The molecule has 1 aliphatic carbocycles. The van der Waals surface area contributed by atoms with Crippen LogP contribution in [0, 0.1) is 0 Å². The van der Waals surface area contributed by atoms with Crippen molar-refractivity contribution in [1.29, 1.82) is 0 Å². The Morgan fingerprint density at radius 2 is 1.67 bits per heavy atom. The zero-order valence-corrected chi connectivity index (χ0v) is 11.1. The number of nitrogens with two attached hydrogens (primary N) is 1. The fraction of sp³-hybridized carbons (Fsp3) is 0.600. The Balaban J connectivity index is 1.94.